The van der Waals surface area contributed by atoms with Gasteiger partial charge in [-0.2, -0.15) is 13.2 Å². The van der Waals surface area contributed by atoms with Gasteiger partial charge in [-0.3, -0.25) is 4.79 Å². The van der Waals surface area contributed by atoms with Crippen LogP contribution >= 0.6 is 0 Å². The van der Waals surface area contributed by atoms with Crippen LogP contribution in [0.5, 0.6) is 0 Å². The number of H-pyrrole nitrogens is 1. The Kier molecular flexibility index (Phi) is 4.06. The minimum atomic E-state index is -4.50. The topological polar surface area (TPSA) is 44.9 Å². The first-order valence-electron chi connectivity index (χ1n) is 6.38. The lowest BCUT2D eigenvalue weighted by Crippen LogP contribution is -2.18. The third-order valence-electron chi connectivity index (χ3n) is 3.11. The molecule has 0 spiro atoms. The van der Waals surface area contributed by atoms with Crippen LogP contribution in [0.4, 0.5) is 18.9 Å². The van der Waals surface area contributed by atoms with Crippen LogP contribution in [0.2, 0.25) is 0 Å². The molecule has 0 bridgehead atoms. The molecule has 2 rings (SSSR count). The Labute approximate surface area is 120 Å². The molecule has 1 aromatic heterocycles. The Balaban J connectivity index is 2.15. The maximum atomic E-state index is 12.8. The number of aromatic amines is 1. The summed E-state index contributed by atoms with van der Waals surface area (Å²) < 4.78 is 38.5. The van der Waals surface area contributed by atoms with Crippen molar-refractivity contribution in [2.24, 2.45) is 0 Å². The van der Waals surface area contributed by atoms with Crippen molar-refractivity contribution in [1.82, 2.24) is 4.98 Å². The molecule has 2 N–H and O–H groups in total. The molecule has 0 aliphatic rings. The number of rotatable bonds is 3. The van der Waals surface area contributed by atoms with Gasteiger partial charge in [0.05, 0.1) is 17.7 Å². The SMILES string of the molecule is Cc1cc(CC(=O)Nc2ccccc2C(F)(F)F)c(C)[nH]1. The fourth-order valence-electron chi connectivity index (χ4n) is 2.17. The molecular formula is C15H15F3N2O. The number of aromatic nitrogens is 1. The number of alkyl halides is 3. The Bertz CT molecular complexity index is 659. The summed E-state index contributed by atoms with van der Waals surface area (Å²) >= 11 is 0. The van der Waals surface area contributed by atoms with Crippen molar-refractivity contribution >= 4 is 11.6 Å². The number of para-hydroxylation sites is 1. The quantitative estimate of drug-likeness (QED) is 0.888. The smallest absolute Gasteiger partial charge is 0.362 e. The molecule has 1 amide bonds. The number of carbonyl (C=O) groups is 1. The van der Waals surface area contributed by atoms with Crippen LogP contribution in [-0.4, -0.2) is 10.9 Å². The molecule has 1 aromatic carbocycles. The Morgan fingerprint density at radius 2 is 1.90 bits per heavy atom. The minimum absolute atomic E-state index is 0.0301. The van der Waals surface area contributed by atoms with Gasteiger partial charge >= 0.3 is 6.18 Å². The van der Waals surface area contributed by atoms with E-state index >= 15 is 0 Å². The maximum Gasteiger partial charge on any atom is 0.418 e. The van der Waals surface area contributed by atoms with Gasteiger partial charge in [0.15, 0.2) is 0 Å². The summed E-state index contributed by atoms with van der Waals surface area (Å²) in [6, 6.07) is 6.75. The molecule has 0 fully saturated rings. The van der Waals surface area contributed by atoms with Gasteiger partial charge in [0.2, 0.25) is 5.91 Å². The number of hydrogen-bond donors (Lipinski definition) is 2. The molecule has 0 radical (unpaired) electrons. The molecule has 0 saturated carbocycles. The second-order valence-corrected chi connectivity index (χ2v) is 4.87. The average Bonchev–Trinajstić information content (AvgIpc) is 2.67. The third kappa shape index (κ3) is 3.65. The predicted octanol–water partition coefficient (Wildman–Crippen LogP) is 3.83. The molecule has 6 heteroatoms. The van der Waals surface area contributed by atoms with Gasteiger partial charge in [0, 0.05) is 11.4 Å². The molecule has 0 aliphatic heterocycles. The first kappa shape index (κ1) is 15.2. The van der Waals surface area contributed by atoms with Crippen LogP contribution in [0.15, 0.2) is 30.3 Å². The first-order valence-corrected chi connectivity index (χ1v) is 6.38. The second-order valence-electron chi connectivity index (χ2n) is 4.87. The Morgan fingerprint density at radius 1 is 1.24 bits per heavy atom. The van der Waals surface area contributed by atoms with Crippen molar-refractivity contribution in [3.63, 3.8) is 0 Å². The highest BCUT2D eigenvalue weighted by atomic mass is 19.4. The van der Waals surface area contributed by atoms with Crippen LogP contribution in [0.3, 0.4) is 0 Å². The molecule has 0 aliphatic carbocycles. The second kappa shape index (κ2) is 5.63. The van der Waals surface area contributed by atoms with E-state index in [9.17, 15) is 18.0 Å². The Morgan fingerprint density at radius 3 is 2.48 bits per heavy atom. The van der Waals surface area contributed by atoms with Crippen LogP contribution in [0.25, 0.3) is 0 Å². The maximum absolute atomic E-state index is 12.8. The summed E-state index contributed by atoms with van der Waals surface area (Å²) in [5.74, 6) is -0.478. The molecule has 1 heterocycles. The largest absolute Gasteiger partial charge is 0.418 e. The lowest BCUT2D eigenvalue weighted by molar-refractivity contribution is -0.137. The molecular weight excluding hydrogens is 281 g/mol. The molecule has 0 saturated heterocycles. The van der Waals surface area contributed by atoms with Gasteiger partial charge in [-0.25, -0.2) is 0 Å². The summed E-state index contributed by atoms with van der Waals surface area (Å²) in [6.07, 6.45) is -4.47. The van der Waals surface area contributed by atoms with Crippen LogP contribution < -0.4 is 5.32 Å². The summed E-state index contributed by atoms with van der Waals surface area (Å²) in [5.41, 5.74) is 1.45. The zero-order valence-corrected chi connectivity index (χ0v) is 11.6. The number of nitrogens with one attached hydrogen (secondary N) is 2. The van der Waals surface area contributed by atoms with E-state index in [0.717, 1.165) is 23.0 Å². The Hall–Kier alpha value is -2.24. The highest BCUT2D eigenvalue weighted by Crippen LogP contribution is 2.34. The lowest BCUT2D eigenvalue weighted by atomic mass is 10.1. The van der Waals surface area contributed by atoms with Gasteiger partial charge in [0.25, 0.3) is 0 Å². The van der Waals surface area contributed by atoms with Crippen molar-refractivity contribution in [2.45, 2.75) is 26.4 Å². The highest BCUT2D eigenvalue weighted by Gasteiger charge is 2.33. The predicted molar refractivity (Wildman–Crippen MR) is 74.0 cm³/mol. The summed E-state index contributed by atoms with van der Waals surface area (Å²) in [6.45, 7) is 3.67. The van der Waals surface area contributed by atoms with Crippen molar-refractivity contribution in [3.05, 3.63) is 52.8 Å². The number of hydrogen-bond acceptors (Lipinski definition) is 1. The first-order chi connectivity index (χ1) is 9.77. The van der Waals surface area contributed by atoms with Gasteiger partial charge in [-0.05, 0) is 37.6 Å². The van der Waals surface area contributed by atoms with Crippen LogP contribution in [0.1, 0.15) is 22.5 Å². The highest BCUT2D eigenvalue weighted by molar-refractivity contribution is 5.93. The summed E-state index contributed by atoms with van der Waals surface area (Å²) in [4.78, 5) is 15.0. The molecule has 112 valence electrons. The number of aryl methyl sites for hydroxylation is 2. The van der Waals surface area contributed by atoms with Crippen molar-refractivity contribution in [1.29, 1.82) is 0 Å². The van der Waals surface area contributed by atoms with E-state index in [1.807, 2.05) is 19.9 Å². The zero-order chi connectivity index (χ0) is 15.6. The molecule has 0 unspecified atom stereocenters. The van der Waals surface area contributed by atoms with E-state index in [0.29, 0.717) is 0 Å². The monoisotopic (exact) mass is 296 g/mol. The van der Waals surface area contributed by atoms with E-state index < -0.39 is 17.6 Å². The number of halogens is 3. The lowest BCUT2D eigenvalue weighted by Gasteiger charge is -2.13. The van der Waals surface area contributed by atoms with Crippen LogP contribution in [-0.2, 0) is 17.4 Å². The van der Waals surface area contributed by atoms with E-state index in [2.05, 4.69) is 10.3 Å². The van der Waals surface area contributed by atoms with Crippen molar-refractivity contribution in [2.75, 3.05) is 5.32 Å². The summed E-state index contributed by atoms with van der Waals surface area (Å²) in [7, 11) is 0. The van der Waals surface area contributed by atoms with Gasteiger partial charge in [-0.15, -0.1) is 0 Å². The molecule has 3 nitrogen and oxygen atoms in total. The minimum Gasteiger partial charge on any atom is -0.362 e. The van der Waals surface area contributed by atoms with Gasteiger partial charge in [0.1, 0.15) is 0 Å². The van der Waals surface area contributed by atoms with E-state index in [1.54, 1.807) is 0 Å². The normalized spacial score (nSPS) is 11.5. The number of benzene rings is 1. The average molecular weight is 296 g/mol. The van der Waals surface area contributed by atoms with Gasteiger partial charge in [-0.1, -0.05) is 12.1 Å². The number of anilines is 1. The fraction of sp³-hybridized carbons (Fsp3) is 0.267. The number of carbonyl (C=O) groups excluding carboxylic acids is 1. The number of amides is 1. The van der Waals surface area contributed by atoms with E-state index in [-0.39, 0.29) is 12.1 Å². The van der Waals surface area contributed by atoms with Crippen molar-refractivity contribution < 1.29 is 18.0 Å². The van der Waals surface area contributed by atoms with Gasteiger partial charge < -0.3 is 10.3 Å². The molecule has 21 heavy (non-hydrogen) atoms. The molecule has 2 aromatic rings. The van der Waals surface area contributed by atoms with E-state index in [4.69, 9.17) is 0 Å². The van der Waals surface area contributed by atoms with E-state index in [1.165, 1.54) is 18.2 Å². The molecule has 0 atom stereocenters. The van der Waals surface area contributed by atoms with Crippen molar-refractivity contribution in [3.8, 4) is 0 Å². The van der Waals surface area contributed by atoms with Crippen LogP contribution in [0, 0.1) is 13.8 Å². The fourth-order valence-corrected chi connectivity index (χ4v) is 2.17. The zero-order valence-electron chi connectivity index (χ0n) is 11.6. The standard InChI is InChI=1S/C15H15F3N2O/c1-9-7-11(10(2)19-9)8-14(21)20-13-6-4-3-5-12(13)15(16,17)18/h3-7,19H,8H2,1-2H3,(H,20,21). The summed E-state index contributed by atoms with van der Waals surface area (Å²) in [5, 5.41) is 2.33. The third-order valence-corrected chi connectivity index (χ3v) is 3.11.